The maximum atomic E-state index is 12.1. The average molecular weight is 300 g/mol. The molecule has 0 saturated heterocycles. The van der Waals surface area contributed by atoms with Gasteiger partial charge < -0.3 is 5.11 Å². The molecule has 1 N–H and O–H groups in total. The molecule has 0 amide bonds. The zero-order valence-corrected chi connectivity index (χ0v) is 12.6. The summed E-state index contributed by atoms with van der Waals surface area (Å²) in [6.45, 7) is 3.84. The lowest BCUT2D eigenvalue weighted by molar-refractivity contribution is -0.133. The monoisotopic (exact) mass is 300 g/mol. The van der Waals surface area contributed by atoms with Crippen LogP contribution in [0.5, 0.6) is 0 Å². The quantitative estimate of drug-likeness (QED) is 0.861. The van der Waals surface area contributed by atoms with Gasteiger partial charge >= 0.3 is 16.2 Å². The van der Waals surface area contributed by atoms with Crippen molar-refractivity contribution >= 4 is 21.9 Å². The topological polar surface area (TPSA) is 87.0 Å². The third-order valence-corrected chi connectivity index (χ3v) is 5.45. The van der Waals surface area contributed by atoms with E-state index in [1.807, 2.05) is 0 Å². The zero-order chi connectivity index (χ0) is 14.9. The van der Waals surface area contributed by atoms with Crippen molar-refractivity contribution in [3.63, 3.8) is 0 Å². The molecule has 0 unspecified atom stereocenters. The SMILES string of the molecule is CCN1C(C(=O)O)=CC(C2CCC(C)CC2)=NS1(=O)=O. The number of aliphatic carboxylic acids is 1. The fourth-order valence-electron chi connectivity index (χ4n) is 2.80. The molecule has 0 aromatic heterocycles. The highest BCUT2D eigenvalue weighted by molar-refractivity contribution is 7.88. The normalized spacial score (nSPS) is 29.6. The van der Waals surface area contributed by atoms with Crippen LogP contribution in [0.1, 0.15) is 39.5 Å². The molecule has 112 valence electrons. The Morgan fingerprint density at radius 3 is 2.50 bits per heavy atom. The van der Waals surface area contributed by atoms with Crippen LogP contribution in [0.25, 0.3) is 0 Å². The second-order valence-electron chi connectivity index (χ2n) is 5.45. The first-order valence-electron chi connectivity index (χ1n) is 6.92. The van der Waals surface area contributed by atoms with Crippen molar-refractivity contribution in [3.05, 3.63) is 11.8 Å². The molecule has 0 spiro atoms. The third-order valence-electron chi connectivity index (χ3n) is 3.99. The van der Waals surface area contributed by atoms with Gasteiger partial charge in [0.2, 0.25) is 0 Å². The number of hydrogen-bond donors (Lipinski definition) is 1. The third kappa shape index (κ3) is 2.87. The summed E-state index contributed by atoms with van der Waals surface area (Å²) in [6, 6.07) is 0. The van der Waals surface area contributed by atoms with E-state index in [2.05, 4.69) is 11.3 Å². The van der Waals surface area contributed by atoms with E-state index in [-0.39, 0.29) is 18.2 Å². The molecule has 0 bridgehead atoms. The molecule has 0 aromatic rings. The molecule has 2 aliphatic rings. The Bertz CT molecular complexity index is 557. The Morgan fingerprint density at radius 1 is 1.40 bits per heavy atom. The van der Waals surface area contributed by atoms with Crippen LogP contribution in [0.4, 0.5) is 0 Å². The van der Waals surface area contributed by atoms with E-state index >= 15 is 0 Å². The van der Waals surface area contributed by atoms with Gasteiger partial charge in [-0.1, -0.05) is 19.8 Å². The van der Waals surface area contributed by atoms with Crippen LogP contribution in [-0.4, -0.2) is 36.1 Å². The summed E-state index contributed by atoms with van der Waals surface area (Å²) in [6.07, 6.45) is 5.21. The molecule has 2 rings (SSSR count). The van der Waals surface area contributed by atoms with Crippen molar-refractivity contribution < 1.29 is 18.3 Å². The molecule has 7 heteroatoms. The van der Waals surface area contributed by atoms with E-state index in [9.17, 15) is 18.3 Å². The molecule has 1 saturated carbocycles. The van der Waals surface area contributed by atoms with Crippen molar-refractivity contribution in [2.24, 2.45) is 16.2 Å². The van der Waals surface area contributed by atoms with E-state index in [1.54, 1.807) is 6.92 Å². The van der Waals surface area contributed by atoms with Gasteiger partial charge in [0, 0.05) is 12.5 Å². The maximum Gasteiger partial charge on any atom is 0.353 e. The summed E-state index contributed by atoms with van der Waals surface area (Å²) in [5.41, 5.74) is 0.204. The van der Waals surface area contributed by atoms with E-state index in [0.717, 1.165) is 30.0 Å². The van der Waals surface area contributed by atoms with Crippen molar-refractivity contribution in [2.75, 3.05) is 6.54 Å². The van der Waals surface area contributed by atoms with Crippen LogP contribution >= 0.6 is 0 Å². The van der Waals surface area contributed by atoms with Crippen LogP contribution in [0, 0.1) is 11.8 Å². The second kappa shape index (κ2) is 5.55. The molecule has 20 heavy (non-hydrogen) atoms. The fraction of sp³-hybridized carbons (Fsp3) is 0.692. The van der Waals surface area contributed by atoms with Crippen LogP contribution in [-0.2, 0) is 15.0 Å². The highest BCUT2D eigenvalue weighted by atomic mass is 32.2. The Labute approximate surface area is 119 Å². The van der Waals surface area contributed by atoms with Gasteiger partial charge in [0.25, 0.3) is 0 Å². The number of rotatable bonds is 3. The van der Waals surface area contributed by atoms with Gasteiger partial charge in [-0.3, -0.25) is 0 Å². The predicted molar refractivity (Wildman–Crippen MR) is 75.6 cm³/mol. The summed E-state index contributed by atoms with van der Waals surface area (Å²) in [7, 11) is -3.91. The zero-order valence-electron chi connectivity index (χ0n) is 11.7. The predicted octanol–water partition coefficient (Wildman–Crippen LogP) is 1.80. The highest BCUT2D eigenvalue weighted by Crippen LogP contribution is 2.32. The molecule has 1 fully saturated rings. The summed E-state index contributed by atoms with van der Waals surface area (Å²) in [5.74, 6) is -0.538. The summed E-state index contributed by atoms with van der Waals surface area (Å²) < 4.78 is 28.8. The Morgan fingerprint density at radius 2 is 2.00 bits per heavy atom. The Balaban J connectivity index is 2.34. The van der Waals surface area contributed by atoms with Crippen molar-refractivity contribution in [1.82, 2.24) is 4.31 Å². The van der Waals surface area contributed by atoms with Crippen LogP contribution in [0.15, 0.2) is 16.2 Å². The van der Waals surface area contributed by atoms with Gasteiger partial charge in [-0.05, 0) is 31.8 Å². The number of hydrogen-bond acceptors (Lipinski definition) is 3. The van der Waals surface area contributed by atoms with Crippen LogP contribution < -0.4 is 0 Å². The largest absolute Gasteiger partial charge is 0.477 e. The van der Waals surface area contributed by atoms with Crippen molar-refractivity contribution in [2.45, 2.75) is 39.5 Å². The molecule has 0 aromatic carbocycles. The summed E-state index contributed by atoms with van der Waals surface area (Å²) in [5, 5.41) is 9.20. The molecule has 1 aliphatic heterocycles. The number of carbonyl (C=O) groups is 1. The minimum atomic E-state index is -3.91. The van der Waals surface area contributed by atoms with Crippen molar-refractivity contribution in [1.29, 1.82) is 0 Å². The van der Waals surface area contributed by atoms with Crippen LogP contribution in [0.3, 0.4) is 0 Å². The maximum absolute atomic E-state index is 12.1. The first-order valence-corrected chi connectivity index (χ1v) is 8.32. The van der Waals surface area contributed by atoms with E-state index in [1.165, 1.54) is 6.08 Å². The molecule has 0 atom stereocenters. The Hall–Kier alpha value is -1.37. The first kappa shape index (κ1) is 15.0. The van der Waals surface area contributed by atoms with E-state index < -0.39 is 16.2 Å². The number of allylic oxidation sites excluding steroid dienone is 1. The molecule has 1 heterocycles. The van der Waals surface area contributed by atoms with Gasteiger partial charge in [-0.15, -0.1) is 4.40 Å². The van der Waals surface area contributed by atoms with E-state index in [4.69, 9.17) is 0 Å². The lowest BCUT2D eigenvalue weighted by Gasteiger charge is -2.30. The molecular formula is C13H20N2O4S. The number of carboxylic acids is 1. The first-order chi connectivity index (χ1) is 9.35. The fourth-order valence-corrected chi connectivity index (χ4v) is 4.07. The van der Waals surface area contributed by atoms with E-state index in [0.29, 0.717) is 11.6 Å². The van der Waals surface area contributed by atoms with Gasteiger partial charge in [0.1, 0.15) is 5.70 Å². The molecule has 6 nitrogen and oxygen atoms in total. The second-order valence-corrected chi connectivity index (χ2v) is 6.97. The molecule has 0 radical (unpaired) electrons. The number of likely N-dealkylation sites (N-methyl/N-ethyl adjacent to an activating group) is 1. The molecule has 1 aliphatic carbocycles. The number of carboxylic acid groups (broad SMARTS) is 1. The van der Waals surface area contributed by atoms with Crippen LogP contribution in [0.2, 0.25) is 0 Å². The number of nitrogens with zero attached hydrogens (tertiary/aromatic N) is 2. The lowest BCUT2D eigenvalue weighted by Crippen LogP contribution is -2.37. The lowest BCUT2D eigenvalue weighted by atomic mass is 9.80. The average Bonchev–Trinajstić information content (AvgIpc) is 2.37. The minimum Gasteiger partial charge on any atom is -0.477 e. The molecular weight excluding hydrogens is 280 g/mol. The van der Waals surface area contributed by atoms with Gasteiger partial charge in [-0.25, -0.2) is 9.10 Å². The van der Waals surface area contributed by atoms with Crippen molar-refractivity contribution in [3.8, 4) is 0 Å². The van der Waals surface area contributed by atoms with Gasteiger partial charge in [0.15, 0.2) is 0 Å². The summed E-state index contributed by atoms with van der Waals surface area (Å²) >= 11 is 0. The highest BCUT2D eigenvalue weighted by Gasteiger charge is 2.34. The Kier molecular flexibility index (Phi) is 4.17. The van der Waals surface area contributed by atoms with Gasteiger partial charge in [0.05, 0.1) is 5.71 Å². The standard InChI is InChI=1S/C13H20N2O4S/c1-3-15-12(13(16)17)8-11(14-20(15,18)19)10-6-4-9(2)5-7-10/h8-10H,3-7H2,1-2H3,(H,16,17). The smallest absolute Gasteiger partial charge is 0.353 e. The van der Waals surface area contributed by atoms with Gasteiger partial charge in [-0.2, -0.15) is 8.42 Å². The minimum absolute atomic E-state index is 0.0503. The summed E-state index contributed by atoms with van der Waals surface area (Å²) in [4.78, 5) is 11.3.